The molecule has 1 aromatic carbocycles. The molecule has 0 bridgehead atoms. The van der Waals surface area contributed by atoms with Gasteiger partial charge in [-0.2, -0.15) is 18.3 Å². The number of halogens is 3. The van der Waals surface area contributed by atoms with Crippen molar-refractivity contribution < 1.29 is 13.2 Å². The van der Waals surface area contributed by atoms with Crippen molar-refractivity contribution in [1.82, 2.24) is 19.7 Å². The normalized spacial score (nSPS) is 11.5. The van der Waals surface area contributed by atoms with Gasteiger partial charge in [0.2, 0.25) is 5.95 Å². The Hall–Kier alpha value is -2.90. The Kier molecular flexibility index (Phi) is 4.45. The van der Waals surface area contributed by atoms with Gasteiger partial charge in [0.15, 0.2) is 0 Å². The van der Waals surface area contributed by atoms with Gasteiger partial charge in [0, 0.05) is 24.5 Å². The van der Waals surface area contributed by atoms with E-state index < -0.39 is 11.9 Å². The molecule has 124 valence electrons. The van der Waals surface area contributed by atoms with Crippen LogP contribution in [0, 0.1) is 0 Å². The van der Waals surface area contributed by atoms with Crippen molar-refractivity contribution in [2.24, 2.45) is 0 Å². The van der Waals surface area contributed by atoms with Gasteiger partial charge in [-0.3, -0.25) is 4.68 Å². The van der Waals surface area contributed by atoms with E-state index in [1.54, 1.807) is 10.9 Å². The van der Waals surface area contributed by atoms with Crippen LogP contribution in [0.3, 0.4) is 0 Å². The highest BCUT2D eigenvalue weighted by Gasteiger charge is 2.32. The van der Waals surface area contributed by atoms with Crippen molar-refractivity contribution in [1.29, 1.82) is 0 Å². The summed E-state index contributed by atoms with van der Waals surface area (Å²) in [5, 5.41) is 7.01. The number of rotatable bonds is 5. The zero-order chi connectivity index (χ0) is 17.0. The second-order valence-electron chi connectivity index (χ2n) is 5.15. The van der Waals surface area contributed by atoms with Crippen molar-refractivity contribution in [2.75, 3.05) is 5.32 Å². The summed E-state index contributed by atoms with van der Waals surface area (Å²) in [5.74, 6) is -0.0689. The summed E-state index contributed by atoms with van der Waals surface area (Å²) < 4.78 is 39.6. The average Bonchev–Trinajstić information content (AvgIpc) is 3.01. The van der Waals surface area contributed by atoms with Crippen LogP contribution in [0.1, 0.15) is 16.8 Å². The lowest BCUT2D eigenvalue weighted by Gasteiger charge is -2.07. The molecule has 0 unspecified atom stereocenters. The lowest BCUT2D eigenvalue weighted by molar-refractivity contribution is -0.141. The van der Waals surface area contributed by atoms with Crippen LogP contribution in [-0.2, 0) is 19.3 Å². The summed E-state index contributed by atoms with van der Waals surface area (Å²) >= 11 is 0. The smallest absolute Gasteiger partial charge is 0.350 e. The molecule has 5 nitrogen and oxygen atoms in total. The fourth-order valence-electron chi connectivity index (χ4n) is 2.14. The lowest BCUT2D eigenvalue weighted by atomic mass is 10.2. The molecule has 8 heteroatoms. The van der Waals surface area contributed by atoms with Crippen LogP contribution in [0.5, 0.6) is 0 Å². The highest BCUT2D eigenvalue weighted by atomic mass is 19.4. The zero-order valence-electron chi connectivity index (χ0n) is 12.5. The third kappa shape index (κ3) is 4.09. The minimum atomic E-state index is -4.49. The van der Waals surface area contributed by atoms with Crippen molar-refractivity contribution in [2.45, 2.75) is 19.3 Å². The van der Waals surface area contributed by atoms with Crippen LogP contribution in [0.2, 0.25) is 0 Å². The molecule has 0 spiro atoms. The summed E-state index contributed by atoms with van der Waals surface area (Å²) in [6, 6.07) is 10.7. The van der Waals surface area contributed by atoms with Crippen molar-refractivity contribution >= 4 is 5.95 Å². The molecule has 0 radical (unpaired) electrons. The molecule has 2 heterocycles. The highest BCUT2D eigenvalue weighted by molar-refractivity contribution is 5.27. The van der Waals surface area contributed by atoms with Crippen LogP contribution in [0.4, 0.5) is 19.1 Å². The molecular weight excluding hydrogens is 319 g/mol. The predicted molar refractivity (Wildman–Crippen MR) is 82.1 cm³/mol. The van der Waals surface area contributed by atoms with Gasteiger partial charge in [-0.1, -0.05) is 30.3 Å². The second kappa shape index (κ2) is 6.69. The van der Waals surface area contributed by atoms with E-state index in [0.29, 0.717) is 6.54 Å². The van der Waals surface area contributed by atoms with E-state index in [4.69, 9.17) is 0 Å². The van der Waals surface area contributed by atoms with Crippen LogP contribution >= 0.6 is 0 Å². The molecule has 0 amide bonds. The van der Waals surface area contributed by atoms with Gasteiger partial charge in [0.1, 0.15) is 5.69 Å². The number of nitrogens with zero attached hydrogens (tertiary/aromatic N) is 4. The molecule has 24 heavy (non-hydrogen) atoms. The summed E-state index contributed by atoms with van der Waals surface area (Å²) in [6.07, 6.45) is 0.0775. The van der Waals surface area contributed by atoms with Gasteiger partial charge >= 0.3 is 6.18 Å². The molecule has 3 aromatic rings. The minimum Gasteiger partial charge on any atom is -0.350 e. The molecule has 3 rings (SSSR count). The van der Waals surface area contributed by atoms with Crippen LogP contribution < -0.4 is 5.32 Å². The van der Waals surface area contributed by atoms with Crippen molar-refractivity contribution in [3.8, 4) is 0 Å². The molecule has 0 saturated carbocycles. The Morgan fingerprint density at radius 3 is 2.58 bits per heavy atom. The quantitative estimate of drug-likeness (QED) is 0.778. The molecule has 2 aromatic heterocycles. The number of anilines is 1. The number of nitrogens with one attached hydrogen (secondary N) is 1. The number of hydrogen-bond acceptors (Lipinski definition) is 4. The molecule has 1 N–H and O–H groups in total. The first kappa shape index (κ1) is 16.0. The zero-order valence-corrected chi connectivity index (χ0v) is 12.5. The van der Waals surface area contributed by atoms with E-state index in [2.05, 4.69) is 20.4 Å². The number of benzene rings is 1. The molecule has 0 saturated heterocycles. The number of hydrogen-bond donors (Lipinski definition) is 1. The first-order valence-electron chi connectivity index (χ1n) is 7.20. The first-order chi connectivity index (χ1) is 11.5. The Bertz CT molecular complexity index is 799. The fourth-order valence-corrected chi connectivity index (χ4v) is 2.14. The van der Waals surface area contributed by atoms with E-state index in [1.165, 1.54) is 0 Å². The maximum atomic E-state index is 12.6. The van der Waals surface area contributed by atoms with Gasteiger partial charge in [-0.05, 0) is 11.6 Å². The van der Waals surface area contributed by atoms with E-state index in [0.717, 1.165) is 23.4 Å². The minimum absolute atomic E-state index is 0.0689. The number of alkyl halides is 3. The van der Waals surface area contributed by atoms with Gasteiger partial charge in [0.05, 0.1) is 12.7 Å². The van der Waals surface area contributed by atoms with Gasteiger partial charge < -0.3 is 5.32 Å². The Labute approximate surface area is 136 Å². The van der Waals surface area contributed by atoms with E-state index in [1.807, 2.05) is 36.5 Å². The predicted octanol–water partition coefficient (Wildman–Crippen LogP) is 3.35. The molecule has 0 atom stereocenters. The highest BCUT2D eigenvalue weighted by Crippen LogP contribution is 2.27. The Balaban J connectivity index is 1.62. The van der Waals surface area contributed by atoms with Crippen LogP contribution in [0.15, 0.2) is 55.0 Å². The monoisotopic (exact) mass is 333 g/mol. The van der Waals surface area contributed by atoms with Crippen molar-refractivity contribution in [3.05, 3.63) is 71.8 Å². The molecule has 0 aliphatic rings. The largest absolute Gasteiger partial charge is 0.433 e. The molecule has 0 aliphatic carbocycles. The summed E-state index contributed by atoms with van der Waals surface area (Å²) in [6.45, 7) is 0.914. The summed E-state index contributed by atoms with van der Waals surface area (Å²) in [4.78, 5) is 7.25. The van der Waals surface area contributed by atoms with Gasteiger partial charge in [-0.25, -0.2) is 9.97 Å². The third-order valence-corrected chi connectivity index (χ3v) is 3.27. The Morgan fingerprint density at radius 1 is 1.04 bits per heavy atom. The SMILES string of the molecule is FC(F)(F)c1ccnc(NCc2cnn(Cc3ccccc3)c2)n1. The van der Waals surface area contributed by atoms with E-state index in [-0.39, 0.29) is 12.5 Å². The number of aromatic nitrogens is 4. The summed E-state index contributed by atoms with van der Waals surface area (Å²) in [7, 11) is 0. The molecule has 0 fully saturated rings. The average molecular weight is 333 g/mol. The maximum absolute atomic E-state index is 12.6. The first-order valence-corrected chi connectivity index (χ1v) is 7.20. The summed E-state index contributed by atoms with van der Waals surface area (Å²) in [5.41, 5.74) is 0.966. The standard InChI is InChI=1S/C16H14F3N5/c17-16(18,19)14-6-7-20-15(23-14)21-8-13-9-22-24(11-13)10-12-4-2-1-3-5-12/h1-7,9,11H,8,10H2,(H,20,21,23). The molecule has 0 aliphatic heterocycles. The van der Waals surface area contributed by atoms with E-state index in [9.17, 15) is 13.2 Å². The topological polar surface area (TPSA) is 55.6 Å². The second-order valence-corrected chi connectivity index (χ2v) is 5.15. The maximum Gasteiger partial charge on any atom is 0.433 e. The Morgan fingerprint density at radius 2 is 1.83 bits per heavy atom. The lowest BCUT2D eigenvalue weighted by Crippen LogP contribution is -2.11. The van der Waals surface area contributed by atoms with Crippen LogP contribution in [0.25, 0.3) is 0 Å². The van der Waals surface area contributed by atoms with Crippen LogP contribution in [-0.4, -0.2) is 19.7 Å². The fraction of sp³-hybridized carbons (Fsp3) is 0.188. The van der Waals surface area contributed by atoms with Gasteiger partial charge in [0.25, 0.3) is 0 Å². The molecular formula is C16H14F3N5. The van der Waals surface area contributed by atoms with Gasteiger partial charge in [-0.15, -0.1) is 0 Å². The van der Waals surface area contributed by atoms with E-state index >= 15 is 0 Å². The third-order valence-electron chi connectivity index (χ3n) is 3.27. The van der Waals surface area contributed by atoms with Crippen molar-refractivity contribution in [3.63, 3.8) is 0 Å².